The number of aryl methyl sites for hydroxylation is 1. The van der Waals surface area contributed by atoms with Crippen LogP contribution in [0.3, 0.4) is 0 Å². The van der Waals surface area contributed by atoms with Crippen LogP contribution in [0.5, 0.6) is 0 Å². The van der Waals surface area contributed by atoms with Crippen molar-refractivity contribution in [1.82, 2.24) is 10.2 Å². The van der Waals surface area contributed by atoms with Gasteiger partial charge in [-0.05, 0) is 38.5 Å². The van der Waals surface area contributed by atoms with Crippen LogP contribution in [-0.2, 0) is 4.79 Å². The average molecular weight is 279 g/mol. The Bertz CT molecular complexity index is 482. The number of amides is 1. The SMILES string of the molecule is Cc1ccc(F)cc1NC(=O)CN1CC(C)NC(C)C1. The Morgan fingerprint density at radius 1 is 1.40 bits per heavy atom. The summed E-state index contributed by atoms with van der Waals surface area (Å²) in [6.45, 7) is 8.10. The molecule has 1 aromatic carbocycles. The van der Waals surface area contributed by atoms with Crippen molar-refractivity contribution in [1.29, 1.82) is 0 Å². The Morgan fingerprint density at radius 2 is 2.05 bits per heavy atom. The van der Waals surface area contributed by atoms with Gasteiger partial charge in [0.05, 0.1) is 6.54 Å². The summed E-state index contributed by atoms with van der Waals surface area (Å²) in [5.41, 5.74) is 1.41. The Kier molecular flexibility index (Phi) is 4.73. The van der Waals surface area contributed by atoms with Crippen LogP contribution in [0.25, 0.3) is 0 Å². The summed E-state index contributed by atoms with van der Waals surface area (Å²) >= 11 is 0. The largest absolute Gasteiger partial charge is 0.325 e. The van der Waals surface area contributed by atoms with E-state index in [1.54, 1.807) is 6.07 Å². The number of nitrogens with zero attached hydrogens (tertiary/aromatic N) is 1. The van der Waals surface area contributed by atoms with Gasteiger partial charge in [0.2, 0.25) is 5.91 Å². The lowest BCUT2D eigenvalue weighted by molar-refractivity contribution is -0.117. The van der Waals surface area contributed by atoms with Crippen LogP contribution >= 0.6 is 0 Å². The number of carbonyl (C=O) groups is 1. The van der Waals surface area contributed by atoms with Crippen LogP contribution in [0, 0.1) is 12.7 Å². The van der Waals surface area contributed by atoms with E-state index < -0.39 is 0 Å². The van der Waals surface area contributed by atoms with Crippen molar-refractivity contribution in [2.75, 3.05) is 25.0 Å². The molecule has 0 radical (unpaired) electrons. The standard InChI is InChI=1S/C15H22FN3O/c1-10-4-5-13(16)6-14(10)18-15(20)9-19-7-11(2)17-12(3)8-19/h4-6,11-12,17H,7-9H2,1-3H3,(H,18,20). The first-order chi connectivity index (χ1) is 9.44. The fraction of sp³-hybridized carbons (Fsp3) is 0.533. The molecule has 1 saturated heterocycles. The maximum absolute atomic E-state index is 13.2. The molecule has 0 bridgehead atoms. The molecule has 1 heterocycles. The number of halogens is 1. The second-order valence-corrected chi connectivity index (χ2v) is 5.67. The summed E-state index contributed by atoms with van der Waals surface area (Å²) in [5.74, 6) is -0.435. The molecule has 110 valence electrons. The molecular formula is C15H22FN3O. The Balaban J connectivity index is 1.93. The minimum atomic E-state index is -0.338. The highest BCUT2D eigenvalue weighted by molar-refractivity contribution is 5.92. The van der Waals surface area contributed by atoms with E-state index in [0.717, 1.165) is 18.7 Å². The van der Waals surface area contributed by atoms with E-state index in [0.29, 0.717) is 24.3 Å². The molecule has 1 amide bonds. The second kappa shape index (κ2) is 6.33. The zero-order chi connectivity index (χ0) is 14.7. The molecule has 4 nitrogen and oxygen atoms in total. The van der Waals surface area contributed by atoms with Gasteiger partial charge < -0.3 is 10.6 Å². The molecule has 2 rings (SSSR count). The summed E-state index contributed by atoms with van der Waals surface area (Å²) in [5, 5.41) is 6.21. The van der Waals surface area contributed by atoms with Gasteiger partial charge in [-0.1, -0.05) is 6.07 Å². The van der Waals surface area contributed by atoms with Gasteiger partial charge in [-0.15, -0.1) is 0 Å². The van der Waals surface area contributed by atoms with Gasteiger partial charge in [0.15, 0.2) is 0 Å². The smallest absolute Gasteiger partial charge is 0.238 e. The first-order valence-electron chi connectivity index (χ1n) is 6.98. The lowest BCUT2D eigenvalue weighted by Crippen LogP contribution is -2.55. The van der Waals surface area contributed by atoms with Crippen molar-refractivity contribution in [3.05, 3.63) is 29.6 Å². The van der Waals surface area contributed by atoms with Crippen LogP contribution < -0.4 is 10.6 Å². The van der Waals surface area contributed by atoms with E-state index in [1.807, 2.05) is 6.92 Å². The molecule has 0 saturated carbocycles. The molecule has 2 unspecified atom stereocenters. The maximum Gasteiger partial charge on any atom is 0.238 e. The quantitative estimate of drug-likeness (QED) is 0.886. The summed E-state index contributed by atoms with van der Waals surface area (Å²) < 4.78 is 13.2. The van der Waals surface area contributed by atoms with Crippen LogP contribution in [0.15, 0.2) is 18.2 Å². The maximum atomic E-state index is 13.2. The molecule has 0 aromatic heterocycles. The molecule has 0 spiro atoms. The van der Waals surface area contributed by atoms with E-state index >= 15 is 0 Å². The third kappa shape index (κ3) is 4.02. The molecular weight excluding hydrogens is 257 g/mol. The molecule has 2 N–H and O–H groups in total. The van der Waals surface area contributed by atoms with Gasteiger partial charge in [-0.3, -0.25) is 9.69 Å². The summed E-state index contributed by atoms with van der Waals surface area (Å²) in [6, 6.07) is 5.17. The van der Waals surface area contributed by atoms with Crippen molar-refractivity contribution in [3.8, 4) is 0 Å². The molecule has 5 heteroatoms. The monoisotopic (exact) mass is 279 g/mol. The van der Waals surface area contributed by atoms with E-state index in [-0.39, 0.29) is 11.7 Å². The fourth-order valence-corrected chi connectivity index (χ4v) is 2.69. The lowest BCUT2D eigenvalue weighted by Gasteiger charge is -2.35. The number of benzene rings is 1. The van der Waals surface area contributed by atoms with Crippen LogP contribution in [0.2, 0.25) is 0 Å². The number of nitrogens with one attached hydrogen (secondary N) is 2. The Morgan fingerprint density at radius 3 is 2.70 bits per heavy atom. The van der Waals surface area contributed by atoms with Gasteiger partial charge in [-0.25, -0.2) is 4.39 Å². The molecule has 1 fully saturated rings. The number of anilines is 1. The summed E-state index contributed by atoms with van der Waals surface area (Å²) in [4.78, 5) is 14.2. The van der Waals surface area contributed by atoms with E-state index in [1.165, 1.54) is 12.1 Å². The highest BCUT2D eigenvalue weighted by Gasteiger charge is 2.22. The highest BCUT2D eigenvalue weighted by atomic mass is 19.1. The average Bonchev–Trinajstić information content (AvgIpc) is 2.32. The van der Waals surface area contributed by atoms with Crippen molar-refractivity contribution >= 4 is 11.6 Å². The predicted molar refractivity (Wildman–Crippen MR) is 78.3 cm³/mol. The highest BCUT2D eigenvalue weighted by Crippen LogP contribution is 2.16. The number of piperazine rings is 1. The first kappa shape index (κ1) is 14.9. The van der Waals surface area contributed by atoms with Gasteiger partial charge in [0.1, 0.15) is 5.82 Å². The number of hydrogen-bond donors (Lipinski definition) is 2. The van der Waals surface area contributed by atoms with Crippen LogP contribution in [0.1, 0.15) is 19.4 Å². The molecule has 0 aliphatic carbocycles. The van der Waals surface area contributed by atoms with Gasteiger partial charge >= 0.3 is 0 Å². The lowest BCUT2D eigenvalue weighted by atomic mass is 10.1. The number of carbonyl (C=O) groups excluding carboxylic acids is 1. The van der Waals surface area contributed by atoms with Crippen molar-refractivity contribution in [2.45, 2.75) is 32.9 Å². The van der Waals surface area contributed by atoms with Crippen LogP contribution in [-0.4, -0.2) is 42.5 Å². The molecule has 20 heavy (non-hydrogen) atoms. The minimum absolute atomic E-state index is 0.0972. The van der Waals surface area contributed by atoms with Gasteiger partial charge in [-0.2, -0.15) is 0 Å². The molecule has 2 atom stereocenters. The second-order valence-electron chi connectivity index (χ2n) is 5.67. The topological polar surface area (TPSA) is 44.4 Å². The van der Waals surface area contributed by atoms with Crippen molar-refractivity contribution in [3.63, 3.8) is 0 Å². The van der Waals surface area contributed by atoms with Crippen molar-refractivity contribution in [2.24, 2.45) is 0 Å². The minimum Gasteiger partial charge on any atom is -0.325 e. The Hall–Kier alpha value is -1.46. The van der Waals surface area contributed by atoms with Crippen molar-refractivity contribution < 1.29 is 9.18 Å². The zero-order valence-electron chi connectivity index (χ0n) is 12.2. The molecule has 1 aliphatic rings. The van der Waals surface area contributed by atoms with Gasteiger partial charge in [0, 0.05) is 30.9 Å². The third-order valence-electron chi connectivity index (χ3n) is 3.47. The van der Waals surface area contributed by atoms with Gasteiger partial charge in [0.25, 0.3) is 0 Å². The zero-order valence-corrected chi connectivity index (χ0v) is 12.2. The molecule has 1 aromatic rings. The number of rotatable bonds is 3. The summed E-state index contributed by atoms with van der Waals surface area (Å²) in [7, 11) is 0. The van der Waals surface area contributed by atoms with E-state index in [4.69, 9.17) is 0 Å². The van der Waals surface area contributed by atoms with E-state index in [9.17, 15) is 9.18 Å². The van der Waals surface area contributed by atoms with E-state index in [2.05, 4.69) is 29.4 Å². The van der Waals surface area contributed by atoms with Crippen LogP contribution in [0.4, 0.5) is 10.1 Å². The Labute approximate surface area is 119 Å². The number of hydrogen-bond acceptors (Lipinski definition) is 3. The normalized spacial score (nSPS) is 23.6. The molecule has 1 aliphatic heterocycles. The third-order valence-corrected chi connectivity index (χ3v) is 3.47. The predicted octanol–water partition coefficient (Wildman–Crippen LogP) is 1.75. The fourth-order valence-electron chi connectivity index (χ4n) is 2.69. The summed E-state index contributed by atoms with van der Waals surface area (Å²) in [6.07, 6.45) is 0. The first-order valence-corrected chi connectivity index (χ1v) is 6.98.